The summed E-state index contributed by atoms with van der Waals surface area (Å²) in [5, 5.41) is 12.6. The average Bonchev–Trinajstić information content (AvgIpc) is 3.11. The minimum Gasteiger partial charge on any atom is -0.322 e. The molecule has 28 heavy (non-hydrogen) atoms. The van der Waals surface area contributed by atoms with Crippen LogP contribution in [-0.4, -0.2) is 21.1 Å². The highest BCUT2D eigenvalue weighted by Gasteiger charge is 2.12. The molecular formula is C20H15FN4O2S. The molecule has 0 atom stereocenters. The molecule has 0 aliphatic rings. The third-order valence-electron chi connectivity index (χ3n) is 4.16. The van der Waals surface area contributed by atoms with Crippen molar-refractivity contribution in [2.75, 3.05) is 5.32 Å². The number of pyridine rings is 1. The minimum atomic E-state index is -0.342. The molecule has 0 bridgehead atoms. The minimum absolute atomic E-state index is 0.0625. The summed E-state index contributed by atoms with van der Waals surface area (Å²) in [7, 11) is 0. The number of nitrogens with one attached hydrogen (secondary N) is 2. The molecule has 0 radical (unpaired) electrons. The summed E-state index contributed by atoms with van der Waals surface area (Å²) in [6.07, 6.45) is 0.436. The fourth-order valence-corrected chi connectivity index (χ4v) is 3.60. The topological polar surface area (TPSA) is 87.7 Å². The molecule has 0 aliphatic carbocycles. The molecule has 0 fully saturated rings. The van der Waals surface area contributed by atoms with Gasteiger partial charge in [0.1, 0.15) is 10.8 Å². The van der Waals surface area contributed by atoms with Gasteiger partial charge in [-0.2, -0.15) is 0 Å². The van der Waals surface area contributed by atoms with Crippen LogP contribution in [0.1, 0.15) is 16.1 Å². The number of benzene rings is 2. The van der Waals surface area contributed by atoms with Gasteiger partial charge >= 0.3 is 0 Å². The molecule has 140 valence electrons. The lowest BCUT2D eigenvalue weighted by Crippen LogP contribution is -2.20. The normalized spacial score (nSPS) is 10.9. The van der Waals surface area contributed by atoms with Crippen molar-refractivity contribution in [2.45, 2.75) is 12.8 Å². The maximum absolute atomic E-state index is 13.0. The number of amides is 1. The number of anilines is 1. The van der Waals surface area contributed by atoms with Crippen molar-refractivity contribution in [3.63, 3.8) is 0 Å². The molecule has 1 amide bonds. The maximum atomic E-state index is 13.0. The fraction of sp³-hybridized carbons (Fsp3) is 0.100. The molecule has 2 N–H and O–H groups in total. The first-order chi connectivity index (χ1) is 13.6. The number of nitrogens with zero attached hydrogens (tertiary/aromatic N) is 2. The second kappa shape index (κ2) is 7.69. The van der Waals surface area contributed by atoms with Gasteiger partial charge in [0.25, 0.3) is 5.56 Å². The molecule has 0 spiro atoms. The Morgan fingerprint density at radius 3 is 2.71 bits per heavy atom. The standard InChI is InChI=1S/C20H15FN4O2S/c21-15-7-5-12(6-8-15)9-18-24-25-20(28-18)23-17(26)11-14-10-13-3-1-2-4-16(13)22-19(14)27/h1-8,10H,9,11H2,(H,22,27)(H,23,25,26). The van der Waals surface area contributed by atoms with Gasteiger partial charge in [0.2, 0.25) is 11.0 Å². The van der Waals surface area contributed by atoms with E-state index in [1.807, 2.05) is 24.3 Å². The van der Waals surface area contributed by atoms with Crippen molar-refractivity contribution in [3.05, 3.63) is 86.9 Å². The van der Waals surface area contributed by atoms with Gasteiger partial charge in [0, 0.05) is 17.5 Å². The quantitative estimate of drug-likeness (QED) is 0.544. The van der Waals surface area contributed by atoms with E-state index in [1.54, 1.807) is 18.2 Å². The molecule has 8 heteroatoms. The Kier molecular flexibility index (Phi) is 4.94. The van der Waals surface area contributed by atoms with E-state index in [4.69, 9.17) is 0 Å². The Bertz CT molecular complexity index is 1200. The van der Waals surface area contributed by atoms with Crippen LogP contribution in [0, 0.1) is 5.82 Å². The first-order valence-electron chi connectivity index (χ1n) is 8.54. The summed E-state index contributed by atoms with van der Waals surface area (Å²) in [6, 6.07) is 15.2. The van der Waals surface area contributed by atoms with Crippen LogP contribution < -0.4 is 10.9 Å². The number of aromatic amines is 1. The van der Waals surface area contributed by atoms with Crippen molar-refractivity contribution in [2.24, 2.45) is 0 Å². The molecule has 4 rings (SSSR count). The SMILES string of the molecule is O=C(Cc1cc2ccccc2[nH]c1=O)Nc1nnc(Cc2ccc(F)cc2)s1. The number of halogens is 1. The zero-order chi connectivity index (χ0) is 19.5. The van der Waals surface area contributed by atoms with Crippen molar-refractivity contribution in [1.29, 1.82) is 0 Å². The molecule has 0 aliphatic heterocycles. The number of rotatable bonds is 5. The maximum Gasteiger partial charge on any atom is 0.252 e. The van der Waals surface area contributed by atoms with E-state index < -0.39 is 0 Å². The molecule has 0 saturated heterocycles. The molecule has 4 aromatic rings. The number of carbonyl (C=O) groups excluding carboxylic acids is 1. The van der Waals surface area contributed by atoms with Gasteiger partial charge in [-0.15, -0.1) is 10.2 Å². The van der Waals surface area contributed by atoms with Crippen molar-refractivity contribution < 1.29 is 9.18 Å². The largest absolute Gasteiger partial charge is 0.322 e. The number of fused-ring (bicyclic) bond motifs is 1. The van der Waals surface area contributed by atoms with Crippen LogP contribution in [0.15, 0.2) is 59.4 Å². The first kappa shape index (κ1) is 18.0. The van der Waals surface area contributed by atoms with Crippen LogP contribution in [0.25, 0.3) is 10.9 Å². The zero-order valence-electron chi connectivity index (χ0n) is 14.6. The highest BCUT2D eigenvalue weighted by molar-refractivity contribution is 7.15. The average molecular weight is 394 g/mol. The third-order valence-corrected chi connectivity index (χ3v) is 5.00. The summed E-state index contributed by atoms with van der Waals surface area (Å²) in [6.45, 7) is 0. The van der Waals surface area contributed by atoms with Crippen LogP contribution in [0.4, 0.5) is 9.52 Å². The highest BCUT2D eigenvalue weighted by atomic mass is 32.1. The monoisotopic (exact) mass is 394 g/mol. The Hall–Kier alpha value is -3.39. The van der Waals surface area contributed by atoms with Gasteiger partial charge in [0.15, 0.2) is 0 Å². The molecule has 0 unspecified atom stereocenters. The predicted octanol–water partition coefficient (Wildman–Crippen LogP) is 3.29. The smallest absolute Gasteiger partial charge is 0.252 e. The highest BCUT2D eigenvalue weighted by Crippen LogP contribution is 2.19. The van der Waals surface area contributed by atoms with Gasteiger partial charge in [-0.1, -0.05) is 41.7 Å². The van der Waals surface area contributed by atoms with Gasteiger partial charge < -0.3 is 10.3 Å². The summed E-state index contributed by atoms with van der Waals surface area (Å²) >= 11 is 1.24. The molecule has 2 aromatic heterocycles. The Balaban J connectivity index is 1.43. The Morgan fingerprint density at radius 2 is 1.89 bits per heavy atom. The van der Waals surface area contributed by atoms with E-state index in [-0.39, 0.29) is 23.7 Å². The Morgan fingerprint density at radius 1 is 1.11 bits per heavy atom. The molecular weight excluding hydrogens is 379 g/mol. The van der Waals surface area contributed by atoms with Gasteiger partial charge in [-0.25, -0.2) is 4.39 Å². The number of carbonyl (C=O) groups is 1. The second-order valence-electron chi connectivity index (χ2n) is 6.24. The van der Waals surface area contributed by atoms with Crippen LogP contribution in [0.5, 0.6) is 0 Å². The van der Waals surface area contributed by atoms with Crippen molar-refractivity contribution in [3.8, 4) is 0 Å². The first-order valence-corrected chi connectivity index (χ1v) is 9.36. The number of hydrogen-bond donors (Lipinski definition) is 2. The lowest BCUT2D eigenvalue weighted by atomic mass is 10.1. The lowest BCUT2D eigenvalue weighted by Gasteiger charge is -2.03. The molecule has 2 heterocycles. The summed E-state index contributed by atoms with van der Waals surface area (Å²) in [5.41, 5.74) is 1.72. The third kappa shape index (κ3) is 4.12. The number of H-pyrrole nitrogens is 1. The van der Waals surface area contributed by atoms with Crippen molar-refractivity contribution in [1.82, 2.24) is 15.2 Å². The van der Waals surface area contributed by atoms with Gasteiger partial charge in [-0.3, -0.25) is 9.59 Å². The van der Waals surface area contributed by atoms with Gasteiger partial charge in [-0.05, 0) is 35.2 Å². The van der Waals surface area contributed by atoms with E-state index in [0.717, 1.165) is 16.5 Å². The van der Waals surface area contributed by atoms with Gasteiger partial charge in [0.05, 0.1) is 6.42 Å². The van der Waals surface area contributed by atoms with E-state index in [0.29, 0.717) is 22.1 Å². The summed E-state index contributed by atoms with van der Waals surface area (Å²) < 4.78 is 13.0. The van der Waals surface area contributed by atoms with Crippen LogP contribution in [0.3, 0.4) is 0 Å². The van der Waals surface area contributed by atoms with E-state index in [9.17, 15) is 14.0 Å². The number of hydrogen-bond acceptors (Lipinski definition) is 5. The van der Waals surface area contributed by atoms with Crippen LogP contribution in [0.2, 0.25) is 0 Å². The fourth-order valence-electron chi connectivity index (χ4n) is 2.81. The van der Waals surface area contributed by atoms with Crippen LogP contribution in [-0.2, 0) is 17.6 Å². The Labute approximate surface area is 163 Å². The predicted molar refractivity (Wildman–Crippen MR) is 106 cm³/mol. The lowest BCUT2D eigenvalue weighted by molar-refractivity contribution is -0.115. The number of para-hydroxylation sites is 1. The summed E-state index contributed by atoms with van der Waals surface area (Å²) in [5.74, 6) is -0.636. The van der Waals surface area contributed by atoms with Crippen LogP contribution >= 0.6 is 11.3 Å². The van der Waals surface area contributed by atoms with E-state index in [1.165, 1.54) is 23.5 Å². The number of aromatic nitrogens is 3. The zero-order valence-corrected chi connectivity index (χ0v) is 15.4. The summed E-state index contributed by atoms with van der Waals surface area (Å²) in [4.78, 5) is 27.2. The van der Waals surface area contributed by atoms with Crippen molar-refractivity contribution >= 4 is 33.3 Å². The molecule has 2 aromatic carbocycles. The second-order valence-corrected chi connectivity index (χ2v) is 7.30. The molecule has 0 saturated carbocycles. The van der Waals surface area contributed by atoms with E-state index >= 15 is 0 Å². The molecule has 6 nitrogen and oxygen atoms in total. The van der Waals surface area contributed by atoms with E-state index in [2.05, 4.69) is 20.5 Å².